The highest BCUT2D eigenvalue weighted by atomic mass is 32.2. The highest BCUT2D eigenvalue weighted by Gasteiger charge is 2.15. The van der Waals surface area contributed by atoms with Crippen molar-refractivity contribution >= 4 is 21.7 Å². The lowest BCUT2D eigenvalue weighted by atomic mass is 10.2. The molecule has 1 rings (SSSR count). The zero-order valence-electron chi connectivity index (χ0n) is 11.0. The Morgan fingerprint density at radius 2 is 1.80 bits per heavy atom. The first-order chi connectivity index (χ1) is 9.20. The molecule has 2 amide bonds. The molecular formula is C12H17N3O4S. The zero-order chi connectivity index (χ0) is 15.3. The highest BCUT2D eigenvalue weighted by molar-refractivity contribution is 7.90. The number of carbonyl (C=O) groups excluding carboxylic acids is 2. The fourth-order valence-electron chi connectivity index (χ4n) is 1.48. The van der Waals surface area contributed by atoms with E-state index in [0.717, 1.165) is 11.8 Å². The van der Waals surface area contributed by atoms with E-state index >= 15 is 0 Å². The average molecular weight is 299 g/mol. The molecule has 1 unspecified atom stereocenters. The van der Waals surface area contributed by atoms with Gasteiger partial charge in [0, 0.05) is 12.8 Å². The van der Waals surface area contributed by atoms with E-state index in [9.17, 15) is 18.0 Å². The fraction of sp³-hybridized carbons (Fsp3) is 0.333. The van der Waals surface area contributed by atoms with Gasteiger partial charge < -0.3 is 16.8 Å². The summed E-state index contributed by atoms with van der Waals surface area (Å²) in [5, 5.41) is 2.54. The first kappa shape index (κ1) is 16.1. The smallest absolute Gasteiger partial charge is 0.237 e. The fourth-order valence-corrected chi connectivity index (χ4v) is 2.11. The summed E-state index contributed by atoms with van der Waals surface area (Å²) in [4.78, 5) is 22.4. The maximum absolute atomic E-state index is 11.5. The maximum atomic E-state index is 11.5. The standard InChI is InChI=1S/C12H17N3O4S/c1-20(18,19)9-4-2-8(3-5-9)7-15-12(17)10(13)6-11(14)16/h2-5,10H,6-7,13H2,1H3,(H2,14,16)(H,15,17). The second kappa shape index (κ2) is 6.49. The molecule has 0 aliphatic rings. The molecule has 0 bridgehead atoms. The van der Waals surface area contributed by atoms with Gasteiger partial charge in [-0.2, -0.15) is 0 Å². The molecule has 0 aliphatic heterocycles. The SMILES string of the molecule is CS(=O)(=O)c1ccc(CNC(=O)C(N)CC(N)=O)cc1. The summed E-state index contributed by atoms with van der Waals surface area (Å²) >= 11 is 0. The van der Waals surface area contributed by atoms with Gasteiger partial charge in [-0.1, -0.05) is 12.1 Å². The van der Waals surface area contributed by atoms with Crippen LogP contribution in [0.3, 0.4) is 0 Å². The van der Waals surface area contributed by atoms with Crippen LogP contribution in [0.15, 0.2) is 29.2 Å². The van der Waals surface area contributed by atoms with Crippen molar-refractivity contribution in [1.29, 1.82) is 0 Å². The van der Waals surface area contributed by atoms with Gasteiger partial charge in [-0.25, -0.2) is 8.42 Å². The summed E-state index contributed by atoms with van der Waals surface area (Å²) in [5.41, 5.74) is 11.1. The van der Waals surface area contributed by atoms with Crippen molar-refractivity contribution in [3.05, 3.63) is 29.8 Å². The van der Waals surface area contributed by atoms with Crippen LogP contribution in [0.5, 0.6) is 0 Å². The molecule has 0 saturated heterocycles. The number of hydrogen-bond acceptors (Lipinski definition) is 5. The predicted octanol–water partition coefficient (Wildman–Crippen LogP) is -1.09. The van der Waals surface area contributed by atoms with E-state index in [0.29, 0.717) is 0 Å². The number of carbonyl (C=O) groups is 2. The molecule has 110 valence electrons. The van der Waals surface area contributed by atoms with Gasteiger partial charge in [0.05, 0.1) is 17.4 Å². The van der Waals surface area contributed by atoms with Crippen LogP contribution >= 0.6 is 0 Å². The van der Waals surface area contributed by atoms with Gasteiger partial charge >= 0.3 is 0 Å². The third-order valence-corrected chi connectivity index (χ3v) is 3.70. The molecule has 1 aromatic carbocycles. The van der Waals surface area contributed by atoms with Gasteiger partial charge in [0.25, 0.3) is 0 Å². The van der Waals surface area contributed by atoms with E-state index in [1.165, 1.54) is 12.1 Å². The van der Waals surface area contributed by atoms with Gasteiger partial charge in [0.1, 0.15) is 0 Å². The monoisotopic (exact) mass is 299 g/mol. The van der Waals surface area contributed by atoms with Crippen molar-refractivity contribution in [3.8, 4) is 0 Å². The molecule has 0 radical (unpaired) electrons. The minimum Gasteiger partial charge on any atom is -0.370 e. The number of sulfone groups is 1. The van der Waals surface area contributed by atoms with Crippen LogP contribution in [0.4, 0.5) is 0 Å². The van der Waals surface area contributed by atoms with Crippen LogP contribution in [0, 0.1) is 0 Å². The molecule has 20 heavy (non-hydrogen) atoms. The van der Waals surface area contributed by atoms with Gasteiger partial charge in [0.15, 0.2) is 9.84 Å². The van der Waals surface area contributed by atoms with Crippen LogP contribution in [0.25, 0.3) is 0 Å². The van der Waals surface area contributed by atoms with E-state index in [1.54, 1.807) is 12.1 Å². The second-order valence-corrected chi connectivity index (χ2v) is 6.43. The minimum atomic E-state index is -3.24. The molecule has 0 aliphatic carbocycles. The van der Waals surface area contributed by atoms with Gasteiger partial charge in [-0.3, -0.25) is 9.59 Å². The Morgan fingerprint density at radius 3 is 2.25 bits per heavy atom. The first-order valence-corrected chi connectivity index (χ1v) is 7.70. The molecular weight excluding hydrogens is 282 g/mol. The van der Waals surface area contributed by atoms with Crippen molar-refractivity contribution in [2.45, 2.75) is 23.9 Å². The van der Waals surface area contributed by atoms with Crippen molar-refractivity contribution in [3.63, 3.8) is 0 Å². The number of primary amides is 1. The van der Waals surface area contributed by atoms with Crippen molar-refractivity contribution in [2.75, 3.05) is 6.26 Å². The van der Waals surface area contributed by atoms with Gasteiger partial charge in [-0.05, 0) is 17.7 Å². The summed E-state index contributed by atoms with van der Waals surface area (Å²) in [7, 11) is -3.24. The summed E-state index contributed by atoms with van der Waals surface area (Å²) in [6.45, 7) is 0.190. The van der Waals surface area contributed by atoms with Gasteiger partial charge in [0.2, 0.25) is 11.8 Å². The Labute approximate surface area is 117 Å². The zero-order valence-corrected chi connectivity index (χ0v) is 11.8. The lowest BCUT2D eigenvalue weighted by Crippen LogP contribution is -2.42. The van der Waals surface area contributed by atoms with Crippen LogP contribution in [0.1, 0.15) is 12.0 Å². The number of hydrogen-bond donors (Lipinski definition) is 3. The van der Waals surface area contributed by atoms with Crippen LogP contribution in [-0.4, -0.2) is 32.5 Å². The third-order valence-electron chi connectivity index (χ3n) is 2.58. The Bertz CT molecular complexity index is 596. The van der Waals surface area contributed by atoms with Crippen molar-refractivity contribution < 1.29 is 18.0 Å². The number of nitrogens with two attached hydrogens (primary N) is 2. The summed E-state index contributed by atoms with van der Waals surface area (Å²) < 4.78 is 22.5. The van der Waals surface area contributed by atoms with Crippen molar-refractivity contribution in [1.82, 2.24) is 5.32 Å². The van der Waals surface area contributed by atoms with E-state index in [-0.39, 0.29) is 17.9 Å². The van der Waals surface area contributed by atoms with Crippen LogP contribution in [-0.2, 0) is 26.0 Å². The van der Waals surface area contributed by atoms with E-state index in [4.69, 9.17) is 11.5 Å². The largest absolute Gasteiger partial charge is 0.370 e. The van der Waals surface area contributed by atoms with Crippen molar-refractivity contribution in [2.24, 2.45) is 11.5 Å². The minimum absolute atomic E-state index is 0.190. The number of rotatable bonds is 6. The highest BCUT2D eigenvalue weighted by Crippen LogP contribution is 2.10. The van der Waals surface area contributed by atoms with E-state index < -0.39 is 27.7 Å². The lowest BCUT2D eigenvalue weighted by Gasteiger charge is -2.10. The molecule has 0 heterocycles. The predicted molar refractivity (Wildman–Crippen MR) is 73.2 cm³/mol. The Balaban J connectivity index is 2.58. The van der Waals surface area contributed by atoms with Gasteiger partial charge in [-0.15, -0.1) is 0 Å². The topological polar surface area (TPSA) is 132 Å². The Morgan fingerprint density at radius 1 is 1.25 bits per heavy atom. The molecule has 0 saturated carbocycles. The molecule has 1 atom stereocenters. The lowest BCUT2D eigenvalue weighted by molar-refractivity contribution is -0.126. The normalized spacial score (nSPS) is 12.7. The molecule has 7 nitrogen and oxygen atoms in total. The third kappa shape index (κ3) is 4.98. The average Bonchev–Trinajstić information content (AvgIpc) is 2.34. The molecule has 8 heteroatoms. The molecule has 0 fully saturated rings. The Kier molecular flexibility index (Phi) is 5.23. The second-order valence-electron chi connectivity index (χ2n) is 4.41. The molecule has 0 spiro atoms. The molecule has 1 aromatic rings. The summed E-state index contributed by atoms with van der Waals surface area (Å²) in [6, 6.07) is 5.12. The van der Waals surface area contributed by atoms with E-state index in [1.807, 2.05) is 0 Å². The summed E-state index contributed by atoms with van der Waals surface area (Å²) in [5.74, 6) is -1.14. The first-order valence-electron chi connectivity index (χ1n) is 5.80. The number of amides is 2. The Hall–Kier alpha value is -1.93. The van der Waals surface area contributed by atoms with Crippen LogP contribution in [0.2, 0.25) is 0 Å². The number of nitrogens with one attached hydrogen (secondary N) is 1. The van der Waals surface area contributed by atoms with Crippen LogP contribution < -0.4 is 16.8 Å². The summed E-state index contributed by atoms with van der Waals surface area (Å²) in [6.07, 6.45) is 0.894. The molecule has 0 aromatic heterocycles. The molecule has 5 N–H and O–H groups in total. The maximum Gasteiger partial charge on any atom is 0.237 e. The van der Waals surface area contributed by atoms with E-state index in [2.05, 4.69) is 5.32 Å². The number of benzene rings is 1. The quantitative estimate of drug-likeness (QED) is 0.614.